The lowest BCUT2D eigenvalue weighted by atomic mass is 10.0. The molecule has 0 aliphatic rings. The lowest BCUT2D eigenvalue weighted by Crippen LogP contribution is -1.92. The van der Waals surface area contributed by atoms with Crippen molar-refractivity contribution in [3.05, 3.63) is 57.2 Å². The van der Waals surface area contributed by atoms with Crippen LogP contribution in [0.5, 0.6) is 0 Å². The summed E-state index contributed by atoms with van der Waals surface area (Å²) in [4.78, 5) is 0. The van der Waals surface area contributed by atoms with E-state index in [4.69, 9.17) is 0 Å². The van der Waals surface area contributed by atoms with Gasteiger partial charge in [0.05, 0.1) is 0 Å². The van der Waals surface area contributed by atoms with E-state index in [1.807, 2.05) is 46.9 Å². The monoisotopic (exact) mass is 386 g/mol. The number of halogens is 3. The highest BCUT2D eigenvalue weighted by molar-refractivity contribution is 14.1. The smallest absolute Gasteiger partial charge is 0.166 e. The molecule has 0 spiro atoms. The van der Waals surface area contributed by atoms with E-state index in [1.165, 1.54) is 30.9 Å². The van der Waals surface area contributed by atoms with Crippen molar-refractivity contribution in [2.45, 2.75) is 32.6 Å². The second-order valence-corrected chi connectivity index (χ2v) is 6.15. The van der Waals surface area contributed by atoms with Crippen molar-refractivity contribution in [3.63, 3.8) is 0 Å². The number of hydrogen-bond donors (Lipinski definition) is 0. The van der Waals surface area contributed by atoms with Gasteiger partial charge in [-0.2, -0.15) is 0 Å². The molecule has 2 rings (SSSR count). The van der Waals surface area contributed by atoms with Crippen LogP contribution in [0.15, 0.2) is 36.4 Å². The van der Waals surface area contributed by atoms with Gasteiger partial charge in [-0.25, -0.2) is 8.78 Å². The van der Waals surface area contributed by atoms with Crippen molar-refractivity contribution in [2.75, 3.05) is 0 Å². The average molecular weight is 386 g/mol. The van der Waals surface area contributed by atoms with E-state index in [9.17, 15) is 8.78 Å². The third-order valence-corrected chi connectivity index (χ3v) is 3.95. The Bertz CT molecular complexity index is 576. The first-order valence-electron chi connectivity index (χ1n) is 6.85. The van der Waals surface area contributed by atoms with Crippen molar-refractivity contribution in [3.8, 4) is 11.1 Å². The molecule has 106 valence electrons. The van der Waals surface area contributed by atoms with Gasteiger partial charge in [-0.3, -0.25) is 0 Å². The molecule has 2 aromatic carbocycles. The molecule has 0 aliphatic carbocycles. The lowest BCUT2D eigenvalue weighted by molar-refractivity contribution is 0.510. The molecule has 0 saturated carbocycles. The Kier molecular flexibility index (Phi) is 5.52. The molecule has 0 radical (unpaired) electrons. The van der Waals surface area contributed by atoms with Gasteiger partial charge in [-0.15, -0.1) is 0 Å². The number of rotatable bonds is 5. The van der Waals surface area contributed by atoms with Crippen LogP contribution >= 0.6 is 22.6 Å². The van der Waals surface area contributed by atoms with Crippen LogP contribution in [0.3, 0.4) is 0 Å². The minimum atomic E-state index is -0.793. The molecule has 0 nitrogen and oxygen atoms in total. The van der Waals surface area contributed by atoms with Gasteiger partial charge in [0.25, 0.3) is 0 Å². The molecule has 0 bridgehead atoms. The van der Waals surface area contributed by atoms with E-state index in [2.05, 4.69) is 6.92 Å². The molecular formula is C17H17F2I. The van der Waals surface area contributed by atoms with Crippen molar-refractivity contribution in [1.29, 1.82) is 0 Å². The highest BCUT2D eigenvalue weighted by atomic mass is 127. The van der Waals surface area contributed by atoms with E-state index in [1.54, 1.807) is 6.07 Å². The molecule has 0 N–H and O–H groups in total. The molecule has 3 heteroatoms. The number of hydrogen-bond acceptors (Lipinski definition) is 0. The van der Waals surface area contributed by atoms with Crippen LogP contribution in [0, 0.1) is 15.2 Å². The number of unbranched alkanes of at least 4 members (excludes halogenated alkanes) is 2. The molecule has 0 aromatic heterocycles. The van der Waals surface area contributed by atoms with Gasteiger partial charge in [-0.05, 0) is 58.7 Å². The zero-order valence-electron chi connectivity index (χ0n) is 11.4. The first-order chi connectivity index (χ1) is 9.61. The van der Waals surface area contributed by atoms with Crippen molar-refractivity contribution >= 4 is 22.6 Å². The van der Waals surface area contributed by atoms with Crippen molar-refractivity contribution in [1.82, 2.24) is 0 Å². The Balaban J connectivity index is 2.22. The third kappa shape index (κ3) is 3.78. The fraction of sp³-hybridized carbons (Fsp3) is 0.294. The summed E-state index contributed by atoms with van der Waals surface area (Å²) >= 11 is 2.00. The highest BCUT2D eigenvalue weighted by Gasteiger charge is 2.11. The summed E-state index contributed by atoms with van der Waals surface area (Å²) in [5.74, 6) is -1.57. The van der Waals surface area contributed by atoms with E-state index < -0.39 is 11.6 Å². The van der Waals surface area contributed by atoms with Crippen LogP contribution in [0.1, 0.15) is 31.7 Å². The molecule has 0 amide bonds. The van der Waals surface area contributed by atoms with Gasteiger partial charge in [-0.1, -0.05) is 44.0 Å². The number of benzene rings is 2. The Morgan fingerprint density at radius 3 is 2.35 bits per heavy atom. The summed E-state index contributed by atoms with van der Waals surface area (Å²) in [6, 6.07) is 10.6. The minimum Gasteiger partial charge on any atom is -0.204 e. The normalized spacial score (nSPS) is 10.8. The van der Waals surface area contributed by atoms with Crippen LogP contribution in [-0.4, -0.2) is 0 Å². The fourth-order valence-electron chi connectivity index (χ4n) is 2.20. The van der Waals surface area contributed by atoms with Gasteiger partial charge >= 0.3 is 0 Å². The minimum absolute atomic E-state index is 0.328. The summed E-state index contributed by atoms with van der Waals surface area (Å²) < 4.78 is 28.0. The largest absolute Gasteiger partial charge is 0.204 e. The maximum atomic E-state index is 13.8. The Hall–Kier alpha value is -0.970. The van der Waals surface area contributed by atoms with Gasteiger partial charge in [0, 0.05) is 9.13 Å². The van der Waals surface area contributed by atoms with E-state index >= 15 is 0 Å². The predicted octanol–water partition coefficient (Wildman–Crippen LogP) is 5.97. The van der Waals surface area contributed by atoms with Crippen molar-refractivity contribution in [2.24, 2.45) is 0 Å². The molecular weight excluding hydrogens is 369 g/mol. The maximum absolute atomic E-state index is 13.8. The van der Waals surface area contributed by atoms with Crippen LogP contribution in [0.4, 0.5) is 8.78 Å². The second-order valence-electron chi connectivity index (χ2n) is 4.90. The lowest BCUT2D eigenvalue weighted by Gasteiger charge is -2.07. The van der Waals surface area contributed by atoms with E-state index in [0.717, 1.165) is 12.0 Å². The third-order valence-electron chi connectivity index (χ3n) is 3.33. The zero-order chi connectivity index (χ0) is 14.5. The predicted molar refractivity (Wildman–Crippen MR) is 87.7 cm³/mol. The molecule has 0 fully saturated rings. The first-order valence-corrected chi connectivity index (χ1v) is 7.93. The average Bonchev–Trinajstić information content (AvgIpc) is 2.44. The topological polar surface area (TPSA) is 0 Å². The summed E-state index contributed by atoms with van der Waals surface area (Å²) in [6.45, 7) is 2.18. The first kappa shape index (κ1) is 15.4. The molecule has 0 atom stereocenters. The molecule has 0 unspecified atom stereocenters. The van der Waals surface area contributed by atoms with E-state index in [-0.39, 0.29) is 0 Å². The molecule has 20 heavy (non-hydrogen) atoms. The second kappa shape index (κ2) is 7.16. The van der Waals surface area contributed by atoms with Gasteiger partial charge in [0.1, 0.15) is 0 Å². The van der Waals surface area contributed by atoms with Crippen LogP contribution in [-0.2, 0) is 6.42 Å². The molecule has 2 aromatic rings. The Labute approximate surface area is 132 Å². The van der Waals surface area contributed by atoms with Crippen LogP contribution in [0.25, 0.3) is 11.1 Å². The van der Waals surface area contributed by atoms with Crippen LogP contribution in [0.2, 0.25) is 0 Å². The SMILES string of the molecule is CCCCCc1ccc(-c2cc(I)cc(F)c2F)cc1. The van der Waals surface area contributed by atoms with Crippen LogP contribution < -0.4 is 0 Å². The summed E-state index contributed by atoms with van der Waals surface area (Å²) in [6.07, 6.45) is 4.63. The Morgan fingerprint density at radius 1 is 1.00 bits per heavy atom. The standard InChI is InChI=1S/C17H17F2I/c1-2-3-4-5-12-6-8-13(9-7-12)15-10-14(20)11-16(18)17(15)19/h6-11H,2-5H2,1H3. The molecule has 0 saturated heterocycles. The summed E-state index contributed by atoms with van der Waals surface area (Å²) in [7, 11) is 0. The fourth-order valence-corrected chi connectivity index (χ4v) is 2.78. The Morgan fingerprint density at radius 2 is 1.70 bits per heavy atom. The van der Waals surface area contributed by atoms with E-state index in [0.29, 0.717) is 9.13 Å². The van der Waals surface area contributed by atoms with Crippen molar-refractivity contribution < 1.29 is 8.78 Å². The van der Waals surface area contributed by atoms with Gasteiger partial charge in [0.2, 0.25) is 0 Å². The van der Waals surface area contributed by atoms with Gasteiger partial charge in [0.15, 0.2) is 11.6 Å². The highest BCUT2D eigenvalue weighted by Crippen LogP contribution is 2.27. The quantitative estimate of drug-likeness (QED) is 0.338. The zero-order valence-corrected chi connectivity index (χ0v) is 13.6. The van der Waals surface area contributed by atoms with Gasteiger partial charge < -0.3 is 0 Å². The molecule has 0 aliphatic heterocycles. The summed E-state index contributed by atoms with van der Waals surface area (Å²) in [5, 5.41) is 0. The maximum Gasteiger partial charge on any atom is 0.166 e. The summed E-state index contributed by atoms with van der Waals surface area (Å²) in [5.41, 5.74) is 2.29. The number of aryl methyl sites for hydroxylation is 1. The molecule has 0 heterocycles.